The molecular formula is C12H5Cl2FN2S. The summed E-state index contributed by atoms with van der Waals surface area (Å²) in [4.78, 5) is 8.94. The highest BCUT2D eigenvalue weighted by atomic mass is 35.5. The highest BCUT2D eigenvalue weighted by molar-refractivity contribution is 7.22. The van der Waals surface area contributed by atoms with Crippen LogP contribution in [0.2, 0.25) is 10.2 Å². The summed E-state index contributed by atoms with van der Waals surface area (Å²) in [5.41, 5.74) is 1.52. The van der Waals surface area contributed by atoms with Crippen molar-refractivity contribution in [2.24, 2.45) is 0 Å². The Bertz CT molecular complexity index is 742. The molecule has 0 fully saturated rings. The summed E-state index contributed by atoms with van der Waals surface area (Å²) in [6.07, 6.45) is 1.41. The molecule has 0 N–H and O–H groups in total. The van der Waals surface area contributed by atoms with Crippen LogP contribution in [0.4, 0.5) is 4.39 Å². The number of thiophene rings is 1. The Morgan fingerprint density at radius 1 is 1.11 bits per heavy atom. The molecule has 0 amide bonds. The molecule has 2 nitrogen and oxygen atoms in total. The average molecular weight is 299 g/mol. The normalized spacial score (nSPS) is 11.1. The van der Waals surface area contributed by atoms with Gasteiger partial charge >= 0.3 is 0 Å². The van der Waals surface area contributed by atoms with Crippen LogP contribution in [-0.4, -0.2) is 9.97 Å². The summed E-state index contributed by atoms with van der Waals surface area (Å²) in [6, 6.07) is 6.17. The lowest BCUT2D eigenvalue weighted by atomic mass is 10.2. The maximum Gasteiger partial charge on any atom is 0.150 e. The van der Waals surface area contributed by atoms with Gasteiger partial charge in [0.2, 0.25) is 0 Å². The van der Waals surface area contributed by atoms with Gasteiger partial charge in [-0.2, -0.15) is 0 Å². The standard InChI is InChI=1S/C12H5Cl2FN2S/c13-8-3-6(15)1-2-7(8)10-4-9-11(18-10)12(14)17-5-16-9/h1-5H. The Morgan fingerprint density at radius 2 is 1.94 bits per heavy atom. The van der Waals surface area contributed by atoms with E-state index in [-0.39, 0.29) is 5.82 Å². The Balaban J connectivity index is 2.23. The molecule has 0 atom stereocenters. The van der Waals surface area contributed by atoms with Crippen LogP contribution in [0.1, 0.15) is 0 Å². The number of hydrogen-bond acceptors (Lipinski definition) is 3. The van der Waals surface area contributed by atoms with Crippen molar-refractivity contribution in [3.63, 3.8) is 0 Å². The second-order valence-electron chi connectivity index (χ2n) is 3.61. The van der Waals surface area contributed by atoms with Crippen molar-refractivity contribution in [2.45, 2.75) is 0 Å². The van der Waals surface area contributed by atoms with Crippen LogP contribution in [0.25, 0.3) is 20.7 Å². The molecule has 0 radical (unpaired) electrons. The van der Waals surface area contributed by atoms with Crippen LogP contribution in [0, 0.1) is 5.82 Å². The van der Waals surface area contributed by atoms with Crippen LogP contribution >= 0.6 is 34.5 Å². The van der Waals surface area contributed by atoms with E-state index in [1.54, 1.807) is 6.07 Å². The lowest BCUT2D eigenvalue weighted by Crippen LogP contribution is -1.78. The molecule has 1 aromatic carbocycles. The van der Waals surface area contributed by atoms with Gasteiger partial charge in [0.05, 0.1) is 15.2 Å². The summed E-state index contributed by atoms with van der Waals surface area (Å²) in [6.45, 7) is 0. The highest BCUT2D eigenvalue weighted by Crippen LogP contribution is 2.38. The van der Waals surface area contributed by atoms with Gasteiger partial charge in [-0.15, -0.1) is 11.3 Å². The van der Waals surface area contributed by atoms with Crippen molar-refractivity contribution < 1.29 is 4.39 Å². The van der Waals surface area contributed by atoms with Crippen LogP contribution in [0.5, 0.6) is 0 Å². The Kier molecular flexibility index (Phi) is 2.93. The summed E-state index contributed by atoms with van der Waals surface area (Å²) < 4.78 is 13.8. The van der Waals surface area contributed by atoms with Crippen LogP contribution < -0.4 is 0 Å². The van der Waals surface area contributed by atoms with Gasteiger partial charge < -0.3 is 0 Å². The molecular weight excluding hydrogens is 294 g/mol. The van der Waals surface area contributed by atoms with E-state index in [1.165, 1.54) is 29.8 Å². The third kappa shape index (κ3) is 1.96. The van der Waals surface area contributed by atoms with Crippen LogP contribution in [-0.2, 0) is 0 Å². The summed E-state index contributed by atoms with van der Waals surface area (Å²) in [5.74, 6) is -0.359. The first-order valence-corrected chi connectivity index (χ1v) is 6.58. The average Bonchev–Trinajstić information content (AvgIpc) is 2.74. The predicted molar refractivity (Wildman–Crippen MR) is 72.8 cm³/mol. The van der Waals surface area contributed by atoms with Crippen molar-refractivity contribution >= 4 is 44.8 Å². The topological polar surface area (TPSA) is 25.8 Å². The van der Waals surface area contributed by atoms with E-state index in [9.17, 15) is 4.39 Å². The monoisotopic (exact) mass is 298 g/mol. The van der Waals surface area contributed by atoms with E-state index >= 15 is 0 Å². The minimum Gasteiger partial charge on any atom is -0.235 e. The molecule has 6 heteroatoms. The fourth-order valence-electron chi connectivity index (χ4n) is 1.65. The van der Waals surface area contributed by atoms with E-state index in [2.05, 4.69) is 9.97 Å². The van der Waals surface area contributed by atoms with E-state index in [0.717, 1.165) is 20.7 Å². The number of hydrogen-bond donors (Lipinski definition) is 0. The van der Waals surface area contributed by atoms with E-state index < -0.39 is 0 Å². The summed E-state index contributed by atoms with van der Waals surface area (Å²) in [7, 11) is 0. The van der Waals surface area contributed by atoms with Gasteiger partial charge in [0.25, 0.3) is 0 Å². The number of benzene rings is 1. The minimum absolute atomic E-state index is 0.359. The third-order valence-electron chi connectivity index (χ3n) is 2.46. The molecule has 0 unspecified atom stereocenters. The second kappa shape index (κ2) is 4.46. The minimum atomic E-state index is -0.359. The van der Waals surface area contributed by atoms with Gasteiger partial charge in [-0.1, -0.05) is 23.2 Å². The van der Waals surface area contributed by atoms with Gasteiger partial charge in [0.1, 0.15) is 17.3 Å². The van der Waals surface area contributed by atoms with Crippen LogP contribution in [0.15, 0.2) is 30.6 Å². The van der Waals surface area contributed by atoms with Gasteiger partial charge in [-0.25, -0.2) is 14.4 Å². The van der Waals surface area contributed by atoms with Crippen molar-refractivity contribution in [1.29, 1.82) is 0 Å². The zero-order valence-electron chi connectivity index (χ0n) is 8.82. The van der Waals surface area contributed by atoms with Gasteiger partial charge in [0.15, 0.2) is 0 Å². The fourth-order valence-corrected chi connectivity index (χ4v) is 3.26. The fraction of sp³-hybridized carbons (Fsp3) is 0. The van der Waals surface area contributed by atoms with E-state index in [0.29, 0.717) is 10.2 Å². The van der Waals surface area contributed by atoms with Gasteiger partial charge in [-0.3, -0.25) is 0 Å². The lowest BCUT2D eigenvalue weighted by molar-refractivity contribution is 0.628. The molecule has 0 saturated carbocycles. The summed E-state index contributed by atoms with van der Waals surface area (Å²) in [5, 5.41) is 0.778. The van der Waals surface area contributed by atoms with Crippen molar-refractivity contribution in [1.82, 2.24) is 9.97 Å². The van der Waals surface area contributed by atoms with Crippen molar-refractivity contribution in [3.8, 4) is 10.4 Å². The second-order valence-corrected chi connectivity index (χ2v) is 5.43. The van der Waals surface area contributed by atoms with Crippen molar-refractivity contribution in [3.05, 3.63) is 46.6 Å². The number of rotatable bonds is 1. The molecule has 90 valence electrons. The summed E-state index contributed by atoms with van der Waals surface area (Å²) >= 11 is 13.5. The molecule has 0 aliphatic heterocycles. The van der Waals surface area contributed by atoms with Crippen LogP contribution in [0.3, 0.4) is 0 Å². The van der Waals surface area contributed by atoms with E-state index in [1.807, 2.05) is 6.07 Å². The molecule has 3 aromatic rings. The Hall–Kier alpha value is -1.23. The molecule has 0 spiro atoms. The SMILES string of the molecule is Fc1ccc(-c2cc3ncnc(Cl)c3s2)c(Cl)c1. The Morgan fingerprint density at radius 3 is 2.67 bits per heavy atom. The molecule has 2 aromatic heterocycles. The maximum atomic E-state index is 13.0. The number of fused-ring (bicyclic) bond motifs is 1. The molecule has 0 bridgehead atoms. The first-order chi connectivity index (χ1) is 8.65. The number of nitrogens with zero attached hydrogens (tertiary/aromatic N) is 2. The molecule has 0 aliphatic carbocycles. The highest BCUT2D eigenvalue weighted by Gasteiger charge is 2.11. The third-order valence-corrected chi connectivity index (χ3v) is 4.34. The molecule has 3 rings (SSSR count). The molecule has 18 heavy (non-hydrogen) atoms. The zero-order chi connectivity index (χ0) is 12.7. The van der Waals surface area contributed by atoms with Crippen molar-refractivity contribution in [2.75, 3.05) is 0 Å². The molecule has 0 saturated heterocycles. The number of aromatic nitrogens is 2. The maximum absolute atomic E-state index is 13.0. The quantitative estimate of drug-likeness (QED) is 0.603. The lowest BCUT2D eigenvalue weighted by Gasteiger charge is -2.00. The largest absolute Gasteiger partial charge is 0.235 e. The number of halogens is 3. The molecule has 2 heterocycles. The first-order valence-electron chi connectivity index (χ1n) is 5.00. The predicted octanol–water partition coefficient (Wildman–Crippen LogP) is 4.80. The van der Waals surface area contributed by atoms with Gasteiger partial charge in [-0.05, 0) is 24.3 Å². The Labute approximate surface area is 116 Å². The molecule has 0 aliphatic rings. The van der Waals surface area contributed by atoms with E-state index in [4.69, 9.17) is 23.2 Å². The van der Waals surface area contributed by atoms with Gasteiger partial charge in [0, 0.05) is 10.4 Å². The smallest absolute Gasteiger partial charge is 0.150 e. The zero-order valence-corrected chi connectivity index (χ0v) is 11.2. The first kappa shape index (κ1) is 11.8.